The number of rotatable bonds is 5. The van der Waals surface area contributed by atoms with Crippen LogP contribution in [0.1, 0.15) is 16.1 Å². The van der Waals surface area contributed by atoms with Crippen molar-refractivity contribution in [2.24, 2.45) is 0 Å². The summed E-state index contributed by atoms with van der Waals surface area (Å²) in [7, 11) is -3.55. The summed E-state index contributed by atoms with van der Waals surface area (Å²) in [4.78, 5) is 5.62. The highest BCUT2D eigenvalue weighted by Crippen LogP contribution is 2.32. The van der Waals surface area contributed by atoms with Crippen molar-refractivity contribution in [3.8, 4) is 10.6 Å². The Hall–Kier alpha value is -1.25. The fraction of sp³-hybridized carbons (Fsp3) is 0.188. The third-order valence-electron chi connectivity index (χ3n) is 3.50. The number of nitrogens with one attached hydrogen (secondary N) is 1. The van der Waals surface area contributed by atoms with Crippen LogP contribution in [-0.2, 0) is 16.6 Å². The van der Waals surface area contributed by atoms with Gasteiger partial charge in [0.15, 0.2) is 0 Å². The van der Waals surface area contributed by atoms with Crippen LogP contribution in [0, 0.1) is 13.8 Å². The quantitative estimate of drug-likeness (QED) is 0.682. The Labute approximate surface area is 154 Å². The number of halogens is 1. The molecule has 1 N–H and O–H groups in total. The fourth-order valence-corrected chi connectivity index (χ4v) is 5.35. The number of aryl methyl sites for hydroxylation is 2. The maximum absolute atomic E-state index is 12.4. The molecular weight excluding hydrogens is 384 g/mol. The Balaban J connectivity index is 1.76. The van der Waals surface area contributed by atoms with E-state index in [1.165, 1.54) is 11.3 Å². The van der Waals surface area contributed by atoms with Crippen LogP contribution < -0.4 is 4.72 Å². The van der Waals surface area contributed by atoms with Crippen LogP contribution in [0.25, 0.3) is 10.6 Å². The first kappa shape index (κ1) is 17.6. The Morgan fingerprint density at radius 1 is 1.21 bits per heavy atom. The van der Waals surface area contributed by atoms with E-state index in [0.29, 0.717) is 5.02 Å². The minimum absolute atomic E-state index is 0.224. The predicted octanol–water partition coefficient (Wildman–Crippen LogP) is 4.62. The second kappa shape index (κ2) is 6.93. The van der Waals surface area contributed by atoms with Crippen molar-refractivity contribution in [2.45, 2.75) is 24.6 Å². The topological polar surface area (TPSA) is 59.1 Å². The van der Waals surface area contributed by atoms with E-state index >= 15 is 0 Å². The van der Waals surface area contributed by atoms with Gasteiger partial charge in [-0.1, -0.05) is 23.7 Å². The summed E-state index contributed by atoms with van der Waals surface area (Å²) in [6.07, 6.45) is 0. The molecule has 2 aromatic heterocycles. The van der Waals surface area contributed by atoms with Crippen molar-refractivity contribution in [3.05, 3.63) is 56.9 Å². The molecular formula is C16H15ClN2O2S3. The summed E-state index contributed by atoms with van der Waals surface area (Å²) >= 11 is 8.60. The molecule has 0 spiro atoms. The Kier molecular flexibility index (Phi) is 5.08. The molecule has 8 heteroatoms. The predicted molar refractivity (Wildman–Crippen MR) is 100 cm³/mol. The average Bonchev–Trinajstić information content (AvgIpc) is 3.15. The monoisotopic (exact) mass is 398 g/mol. The van der Waals surface area contributed by atoms with E-state index in [1.54, 1.807) is 41.7 Å². The summed E-state index contributed by atoms with van der Waals surface area (Å²) in [5, 5.41) is 3.30. The van der Waals surface area contributed by atoms with Crippen LogP contribution in [-0.4, -0.2) is 13.4 Å². The van der Waals surface area contributed by atoms with Gasteiger partial charge in [-0.15, -0.1) is 22.7 Å². The highest BCUT2D eigenvalue weighted by Gasteiger charge is 2.18. The second-order valence-electron chi connectivity index (χ2n) is 5.27. The SMILES string of the molecule is Cc1nc(-c2csc(S(=O)(=O)NCc3ccc(Cl)cc3)c2)sc1C. The molecule has 4 nitrogen and oxygen atoms in total. The highest BCUT2D eigenvalue weighted by atomic mass is 35.5. The first-order valence-corrected chi connectivity index (χ1v) is 10.7. The van der Waals surface area contributed by atoms with Gasteiger partial charge in [-0.25, -0.2) is 18.1 Å². The van der Waals surface area contributed by atoms with E-state index in [4.69, 9.17) is 11.6 Å². The Bertz CT molecular complexity index is 940. The van der Waals surface area contributed by atoms with Crippen LogP contribution in [0.15, 0.2) is 39.9 Å². The summed E-state index contributed by atoms with van der Waals surface area (Å²) in [5.74, 6) is 0. The standard InChI is InChI=1S/C16H15ClN2O2S3/c1-10-11(2)23-16(19-10)13-7-15(22-9-13)24(20,21)18-8-12-3-5-14(17)6-4-12/h3-7,9,18H,8H2,1-2H3. The lowest BCUT2D eigenvalue weighted by Crippen LogP contribution is -2.22. The second-order valence-corrected chi connectivity index (χ2v) is 9.81. The largest absolute Gasteiger partial charge is 0.250 e. The first-order chi connectivity index (χ1) is 11.3. The summed E-state index contributed by atoms with van der Waals surface area (Å²) in [6.45, 7) is 4.18. The van der Waals surface area contributed by atoms with E-state index in [-0.39, 0.29) is 10.8 Å². The molecule has 0 atom stereocenters. The van der Waals surface area contributed by atoms with E-state index in [0.717, 1.165) is 26.7 Å². The van der Waals surface area contributed by atoms with Gasteiger partial charge in [0.2, 0.25) is 10.0 Å². The molecule has 2 heterocycles. The Morgan fingerprint density at radius 2 is 1.92 bits per heavy atom. The van der Waals surface area contributed by atoms with Crippen molar-refractivity contribution < 1.29 is 8.42 Å². The van der Waals surface area contributed by atoms with E-state index in [2.05, 4.69) is 9.71 Å². The van der Waals surface area contributed by atoms with Crippen LogP contribution in [0.2, 0.25) is 5.02 Å². The third kappa shape index (κ3) is 3.87. The van der Waals surface area contributed by atoms with Gasteiger partial charge in [-0.2, -0.15) is 0 Å². The number of thiazole rings is 1. The highest BCUT2D eigenvalue weighted by molar-refractivity contribution is 7.91. The van der Waals surface area contributed by atoms with Crippen molar-refractivity contribution >= 4 is 44.3 Å². The van der Waals surface area contributed by atoms with Gasteiger partial charge in [0.25, 0.3) is 0 Å². The number of benzene rings is 1. The van der Waals surface area contributed by atoms with Gasteiger partial charge in [0, 0.05) is 27.4 Å². The van der Waals surface area contributed by atoms with Crippen molar-refractivity contribution in [3.63, 3.8) is 0 Å². The molecule has 0 radical (unpaired) electrons. The van der Waals surface area contributed by atoms with Gasteiger partial charge in [0.05, 0.1) is 5.69 Å². The van der Waals surface area contributed by atoms with Crippen molar-refractivity contribution in [1.29, 1.82) is 0 Å². The maximum atomic E-state index is 12.4. The first-order valence-electron chi connectivity index (χ1n) is 7.12. The van der Waals surface area contributed by atoms with Crippen LogP contribution in [0.5, 0.6) is 0 Å². The summed E-state index contributed by atoms with van der Waals surface area (Å²) in [6, 6.07) is 8.74. The molecule has 3 aromatic rings. The van der Waals surface area contributed by atoms with Crippen LogP contribution >= 0.6 is 34.3 Å². The average molecular weight is 399 g/mol. The number of thiophene rings is 1. The molecule has 0 bridgehead atoms. The maximum Gasteiger partial charge on any atom is 0.250 e. The van der Waals surface area contributed by atoms with Gasteiger partial charge in [-0.3, -0.25) is 0 Å². The molecule has 126 valence electrons. The molecule has 24 heavy (non-hydrogen) atoms. The van der Waals surface area contributed by atoms with Gasteiger partial charge in [-0.05, 0) is 37.6 Å². The van der Waals surface area contributed by atoms with Gasteiger partial charge in [0.1, 0.15) is 9.22 Å². The number of hydrogen-bond acceptors (Lipinski definition) is 5. The molecule has 0 aliphatic heterocycles. The van der Waals surface area contributed by atoms with E-state index in [1.807, 2.05) is 19.2 Å². The minimum Gasteiger partial charge on any atom is -0.241 e. The molecule has 0 fully saturated rings. The zero-order valence-corrected chi connectivity index (χ0v) is 16.2. The zero-order chi connectivity index (χ0) is 17.3. The minimum atomic E-state index is -3.55. The molecule has 3 rings (SSSR count). The van der Waals surface area contributed by atoms with E-state index in [9.17, 15) is 8.42 Å². The molecule has 0 amide bonds. The molecule has 0 saturated heterocycles. The van der Waals surface area contributed by atoms with E-state index < -0.39 is 10.0 Å². The van der Waals surface area contributed by atoms with Crippen LogP contribution in [0.3, 0.4) is 0 Å². The zero-order valence-electron chi connectivity index (χ0n) is 13.0. The fourth-order valence-electron chi connectivity index (χ4n) is 2.02. The normalized spacial score (nSPS) is 11.8. The van der Waals surface area contributed by atoms with Gasteiger partial charge >= 0.3 is 0 Å². The molecule has 1 aromatic carbocycles. The number of nitrogens with zero attached hydrogens (tertiary/aromatic N) is 1. The Morgan fingerprint density at radius 3 is 2.54 bits per heavy atom. The lowest BCUT2D eigenvalue weighted by atomic mass is 10.2. The lowest BCUT2D eigenvalue weighted by Gasteiger charge is -2.04. The third-order valence-corrected chi connectivity index (χ3v) is 7.71. The smallest absolute Gasteiger partial charge is 0.241 e. The van der Waals surface area contributed by atoms with Gasteiger partial charge < -0.3 is 0 Å². The van der Waals surface area contributed by atoms with Crippen LogP contribution in [0.4, 0.5) is 0 Å². The summed E-state index contributed by atoms with van der Waals surface area (Å²) < 4.78 is 27.8. The summed E-state index contributed by atoms with van der Waals surface area (Å²) in [5.41, 5.74) is 2.67. The number of hydrogen-bond donors (Lipinski definition) is 1. The number of aromatic nitrogens is 1. The molecule has 0 saturated carbocycles. The van der Waals surface area contributed by atoms with Crippen molar-refractivity contribution in [2.75, 3.05) is 0 Å². The van der Waals surface area contributed by atoms with Crippen molar-refractivity contribution in [1.82, 2.24) is 9.71 Å². The molecule has 0 aliphatic carbocycles. The lowest BCUT2D eigenvalue weighted by molar-refractivity contribution is 0.583. The number of sulfonamides is 1. The molecule has 0 aliphatic rings. The molecule has 0 unspecified atom stereocenters.